The molecule has 2 aromatic carbocycles. The molecule has 0 fully saturated rings. The number of benzene rings is 2. The van der Waals surface area contributed by atoms with Crippen LogP contribution < -0.4 is 10.1 Å². The molecule has 0 spiro atoms. The minimum absolute atomic E-state index is 0.0814. The summed E-state index contributed by atoms with van der Waals surface area (Å²) in [6.07, 6.45) is 1.44. The van der Waals surface area contributed by atoms with Gasteiger partial charge in [0.25, 0.3) is 5.91 Å². The summed E-state index contributed by atoms with van der Waals surface area (Å²) in [5, 5.41) is 13.0. The van der Waals surface area contributed by atoms with Crippen molar-refractivity contribution in [2.75, 3.05) is 19.0 Å². The molecule has 1 amide bonds. The van der Waals surface area contributed by atoms with E-state index >= 15 is 0 Å². The average molecular weight is 521 g/mol. The molecule has 0 bridgehead atoms. The van der Waals surface area contributed by atoms with Crippen molar-refractivity contribution < 1.29 is 37.3 Å². The number of nitrogens with zero attached hydrogens (tertiary/aromatic N) is 1. The molecule has 0 unspecified atom stereocenters. The Balaban J connectivity index is 1.78. The van der Waals surface area contributed by atoms with Crippen LogP contribution in [0, 0.1) is 23.4 Å². The van der Waals surface area contributed by atoms with Crippen LogP contribution in [-0.2, 0) is 9.53 Å². The van der Waals surface area contributed by atoms with E-state index in [9.17, 15) is 22.8 Å². The summed E-state index contributed by atoms with van der Waals surface area (Å²) in [6, 6.07) is 6.18. The summed E-state index contributed by atoms with van der Waals surface area (Å²) in [5.41, 5.74) is -0.608. The molecule has 7 nitrogen and oxygen atoms in total. The highest BCUT2D eigenvalue weighted by molar-refractivity contribution is 7.14. The van der Waals surface area contributed by atoms with Crippen LogP contribution in [-0.4, -0.2) is 35.7 Å². The van der Waals surface area contributed by atoms with Crippen molar-refractivity contribution in [1.82, 2.24) is 4.98 Å². The number of hydrogen-bond donors (Lipinski definition) is 2. The number of rotatable bonds is 10. The summed E-state index contributed by atoms with van der Waals surface area (Å²) < 4.78 is 53.9. The number of carboxylic acids is 1. The lowest BCUT2D eigenvalue weighted by atomic mass is 10.1. The number of hydrogen-bond acceptors (Lipinski definition) is 6. The van der Waals surface area contributed by atoms with Gasteiger partial charge in [-0.15, -0.1) is 11.3 Å². The predicted octanol–water partition coefficient (Wildman–Crippen LogP) is 5.98. The zero-order chi connectivity index (χ0) is 26.4. The molecule has 0 aliphatic heterocycles. The molecule has 0 aliphatic carbocycles. The molecular weight excluding hydrogens is 497 g/mol. The Morgan fingerprint density at radius 1 is 1.19 bits per heavy atom. The fourth-order valence-electron chi connectivity index (χ4n) is 3.04. The number of aromatic nitrogens is 1. The van der Waals surface area contributed by atoms with Crippen LogP contribution in [0.5, 0.6) is 5.75 Å². The largest absolute Gasteiger partial charge is 0.490 e. The van der Waals surface area contributed by atoms with E-state index in [1.807, 2.05) is 13.8 Å². The second-order valence-corrected chi connectivity index (χ2v) is 8.87. The van der Waals surface area contributed by atoms with Crippen LogP contribution in [0.1, 0.15) is 36.2 Å². The highest BCUT2D eigenvalue weighted by Gasteiger charge is 2.19. The van der Waals surface area contributed by atoms with Gasteiger partial charge in [0.05, 0.1) is 19.4 Å². The van der Waals surface area contributed by atoms with Crippen LogP contribution in [0.15, 0.2) is 41.5 Å². The Morgan fingerprint density at radius 2 is 1.89 bits per heavy atom. The number of thiazole rings is 1. The topological polar surface area (TPSA) is 97.8 Å². The normalized spacial score (nSPS) is 11.5. The van der Waals surface area contributed by atoms with Crippen molar-refractivity contribution in [3.05, 3.63) is 70.0 Å². The van der Waals surface area contributed by atoms with Gasteiger partial charge in [-0.3, -0.25) is 10.1 Å². The van der Waals surface area contributed by atoms with Crippen molar-refractivity contribution >= 4 is 34.4 Å². The third-order valence-electron chi connectivity index (χ3n) is 4.96. The first-order valence-corrected chi connectivity index (χ1v) is 11.6. The summed E-state index contributed by atoms with van der Waals surface area (Å²) >= 11 is 1.00. The van der Waals surface area contributed by atoms with Gasteiger partial charge in [-0.05, 0) is 36.6 Å². The van der Waals surface area contributed by atoms with Crippen LogP contribution >= 0.6 is 11.3 Å². The monoisotopic (exact) mass is 520 g/mol. The number of carbonyl (C=O) groups excluding carboxylic acids is 1. The number of nitrogens with one attached hydrogen (secondary N) is 1. The molecule has 0 atom stereocenters. The SMILES string of the molecule is COC(=Cc1c(F)cc(C(=O)Nc2nc(-c3cccc(OCCC(C)C)c3F)cs2)cc1F)C(=O)O. The average Bonchev–Trinajstić information content (AvgIpc) is 3.27. The Kier molecular flexibility index (Phi) is 8.70. The van der Waals surface area contributed by atoms with Gasteiger partial charge in [-0.25, -0.2) is 22.9 Å². The maximum absolute atomic E-state index is 14.9. The van der Waals surface area contributed by atoms with Gasteiger partial charge in [0.15, 0.2) is 16.7 Å². The number of ether oxygens (including phenoxy) is 2. The highest BCUT2D eigenvalue weighted by Crippen LogP contribution is 2.32. The van der Waals surface area contributed by atoms with Crippen molar-refractivity contribution in [3.63, 3.8) is 0 Å². The Bertz CT molecular complexity index is 1280. The molecule has 36 heavy (non-hydrogen) atoms. The van der Waals surface area contributed by atoms with Crippen LogP contribution in [0.25, 0.3) is 17.3 Å². The Hall–Kier alpha value is -3.86. The number of aliphatic carboxylic acids is 1. The lowest BCUT2D eigenvalue weighted by Gasteiger charge is -2.10. The van der Waals surface area contributed by atoms with Gasteiger partial charge in [0, 0.05) is 28.1 Å². The number of methoxy groups -OCH3 is 1. The summed E-state index contributed by atoms with van der Waals surface area (Å²) in [6.45, 7) is 4.43. The lowest BCUT2D eigenvalue weighted by molar-refractivity contribution is -0.135. The van der Waals surface area contributed by atoms with Gasteiger partial charge in [-0.2, -0.15) is 0 Å². The molecule has 1 heterocycles. The molecule has 2 N–H and O–H groups in total. The van der Waals surface area contributed by atoms with Gasteiger partial charge < -0.3 is 14.6 Å². The standard InChI is InChI=1S/C25H23F3N2O5S/c1-13(2)7-8-35-20-6-4-5-15(22(20)28)19-12-36-25(29-19)30-23(31)14-9-17(26)16(18(27)10-14)11-21(34-3)24(32)33/h4-6,9-13H,7-8H2,1-3H3,(H,32,33)(H,29,30,31). The fraction of sp³-hybridized carbons (Fsp3) is 0.240. The van der Waals surface area contributed by atoms with E-state index < -0.39 is 40.7 Å². The van der Waals surface area contributed by atoms with Gasteiger partial charge in [0.2, 0.25) is 5.76 Å². The third-order valence-corrected chi connectivity index (χ3v) is 5.72. The number of carboxylic acid groups (broad SMARTS) is 1. The first-order chi connectivity index (χ1) is 17.1. The van der Waals surface area contributed by atoms with Crippen molar-refractivity contribution in [3.8, 4) is 17.0 Å². The zero-order valence-corrected chi connectivity index (χ0v) is 20.4. The van der Waals surface area contributed by atoms with Gasteiger partial charge >= 0.3 is 5.97 Å². The molecule has 11 heteroatoms. The molecule has 0 radical (unpaired) electrons. The number of anilines is 1. The number of halogens is 3. The van der Waals surface area contributed by atoms with Crippen LogP contribution in [0.3, 0.4) is 0 Å². The van der Waals surface area contributed by atoms with E-state index in [1.54, 1.807) is 6.07 Å². The smallest absolute Gasteiger partial charge is 0.371 e. The van der Waals surface area contributed by atoms with Crippen LogP contribution in [0.2, 0.25) is 0 Å². The van der Waals surface area contributed by atoms with E-state index in [1.165, 1.54) is 17.5 Å². The lowest BCUT2D eigenvalue weighted by Crippen LogP contribution is -2.13. The molecular formula is C25H23F3N2O5S. The third kappa shape index (κ3) is 6.42. The number of carbonyl (C=O) groups is 2. The first kappa shape index (κ1) is 26.7. The van der Waals surface area contributed by atoms with E-state index in [4.69, 9.17) is 9.84 Å². The van der Waals surface area contributed by atoms with E-state index in [-0.39, 0.29) is 27.7 Å². The molecule has 0 saturated carbocycles. The maximum atomic E-state index is 14.9. The van der Waals surface area contributed by atoms with Crippen molar-refractivity contribution in [2.24, 2.45) is 5.92 Å². The van der Waals surface area contributed by atoms with E-state index in [0.29, 0.717) is 18.6 Å². The summed E-state index contributed by atoms with van der Waals surface area (Å²) in [7, 11) is 1.04. The van der Waals surface area contributed by atoms with E-state index in [2.05, 4.69) is 15.0 Å². The molecule has 0 aliphatic rings. The van der Waals surface area contributed by atoms with Crippen LogP contribution in [0.4, 0.5) is 18.3 Å². The predicted molar refractivity (Wildman–Crippen MR) is 129 cm³/mol. The van der Waals surface area contributed by atoms with E-state index in [0.717, 1.165) is 37.0 Å². The minimum atomic E-state index is -1.51. The molecule has 1 aromatic heterocycles. The zero-order valence-electron chi connectivity index (χ0n) is 19.6. The molecule has 0 saturated heterocycles. The molecule has 3 aromatic rings. The quantitative estimate of drug-likeness (QED) is 0.252. The van der Waals surface area contributed by atoms with Gasteiger partial charge in [0.1, 0.15) is 11.6 Å². The second kappa shape index (κ2) is 11.7. The van der Waals surface area contributed by atoms with Crippen molar-refractivity contribution in [1.29, 1.82) is 0 Å². The first-order valence-electron chi connectivity index (χ1n) is 10.8. The fourth-order valence-corrected chi connectivity index (χ4v) is 3.75. The second-order valence-electron chi connectivity index (χ2n) is 8.01. The molecule has 3 rings (SSSR count). The highest BCUT2D eigenvalue weighted by atomic mass is 32.1. The number of amides is 1. The Labute approximate surface area is 209 Å². The minimum Gasteiger partial charge on any atom is -0.490 e. The summed E-state index contributed by atoms with van der Waals surface area (Å²) in [5.74, 6) is -5.47. The summed E-state index contributed by atoms with van der Waals surface area (Å²) in [4.78, 5) is 27.8. The molecule has 190 valence electrons. The van der Waals surface area contributed by atoms with Gasteiger partial charge in [-0.1, -0.05) is 19.9 Å². The van der Waals surface area contributed by atoms with Crippen molar-refractivity contribution in [2.45, 2.75) is 20.3 Å². The Morgan fingerprint density at radius 3 is 2.50 bits per heavy atom. The maximum Gasteiger partial charge on any atom is 0.371 e.